The van der Waals surface area contributed by atoms with Crippen molar-refractivity contribution in [3.63, 3.8) is 0 Å². The molecule has 2 atom stereocenters. The molecule has 0 aliphatic carbocycles. The van der Waals surface area contributed by atoms with Crippen LogP contribution in [0.2, 0.25) is 0 Å². The first-order chi connectivity index (χ1) is 7.84. The highest BCUT2D eigenvalue weighted by Crippen LogP contribution is 2.24. The van der Waals surface area contributed by atoms with Gasteiger partial charge in [0.2, 0.25) is 0 Å². The number of hydrogen-bond donors (Lipinski definition) is 1. The number of methoxy groups -OCH3 is 1. The molecule has 0 fully saturated rings. The molecule has 104 valence electrons. The van der Waals surface area contributed by atoms with E-state index in [1.807, 2.05) is 0 Å². The summed E-state index contributed by atoms with van der Waals surface area (Å²) in [5.74, 6) is 0. The van der Waals surface area contributed by atoms with E-state index in [2.05, 4.69) is 39.6 Å². The predicted molar refractivity (Wildman–Crippen MR) is 72.2 cm³/mol. The molecule has 2 unspecified atom stereocenters. The molecular formula is C13H30N2O2. The Bertz CT molecular complexity index is 192. The van der Waals surface area contributed by atoms with E-state index in [4.69, 9.17) is 15.2 Å². The van der Waals surface area contributed by atoms with E-state index < -0.39 is 0 Å². The molecule has 0 aliphatic heterocycles. The summed E-state index contributed by atoms with van der Waals surface area (Å²) in [7, 11) is 3.80. The van der Waals surface area contributed by atoms with Crippen LogP contribution < -0.4 is 5.73 Å². The molecule has 0 aromatic rings. The lowest BCUT2D eigenvalue weighted by atomic mass is 9.86. The van der Waals surface area contributed by atoms with Crippen molar-refractivity contribution >= 4 is 0 Å². The second kappa shape index (κ2) is 8.03. The summed E-state index contributed by atoms with van der Waals surface area (Å²) < 4.78 is 10.5. The van der Waals surface area contributed by atoms with Crippen molar-refractivity contribution in [2.24, 2.45) is 11.1 Å². The van der Waals surface area contributed by atoms with Gasteiger partial charge < -0.3 is 15.2 Å². The second-order valence-corrected chi connectivity index (χ2v) is 5.66. The molecule has 0 aromatic heterocycles. The first kappa shape index (κ1) is 16.8. The van der Waals surface area contributed by atoms with E-state index in [0.717, 1.165) is 0 Å². The van der Waals surface area contributed by atoms with Gasteiger partial charge in [-0.1, -0.05) is 20.8 Å². The number of nitrogens with two attached hydrogens (primary N) is 1. The molecule has 0 aromatic carbocycles. The maximum absolute atomic E-state index is 5.82. The number of rotatable bonds is 8. The molecule has 0 bridgehead atoms. The van der Waals surface area contributed by atoms with Crippen LogP contribution in [-0.2, 0) is 9.47 Å². The average Bonchev–Trinajstić information content (AvgIpc) is 2.26. The molecule has 0 aliphatic rings. The first-order valence-corrected chi connectivity index (χ1v) is 6.33. The van der Waals surface area contributed by atoms with Crippen LogP contribution in [0.4, 0.5) is 0 Å². The van der Waals surface area contributed by atoms with E-state index >= 15 is 0 Å². The Balaban J connectivity index is 4.16. The standard InChI is InChI=1S/C13H30N2O2/c1-11(13(2,3)4)15(5)12(9-14)10-17-8-7-16-6/h11-12H,7-10,14H2,1-6H3. The van der Waals surface area contributed by atoms with E-state index in [1.54, 1.807) is 7.11 Å². The van der Waals surface area contributed by atoms with Crippen LogP contribution >= 0.6 is 0 Å². The molecule has 0 amide bonds. The molecule has 0 saturated carbocycles. The smallest absolute Gasteiger partial charge is 0.0701 e. The lowest BCUT2D eigenvalue weighted by molar-refractivity contribution is 0.0139. The van der Waals surface area contributed by atoms with E-state index in [-0.39, 0.29) is 11.5 Å². The van der Waals surface area contributed by atoms with Crippen molar-refractivity contribution in [3.8, 4) is 0 Å². The van der Waals surface area contributed by atoms with Crippen molar-refractivity contribution in [1.29, 1.82) is 0 Å². The fourth-order valence-electron chi connectivity index (χ4n) is 1.64. The Kier molecular flexibility index (Phi) is 7.96. The van der Waals surface area contributed by atoms with Crippen molar-refractivity contribution in [1.82, 2.24) is 4.90 Å². The minimum atomic E-state index is 0.245. The van der Waals surface area contributed by atoms with Gasteiger partial charge in [-0.3, -0.25) is 4.90 Å². The third-order valence-electron chi connectivity index (χ3n) is 3.45. The molecule has 0 heterocycles. The molecule has 4 heteroatoms. The number of likely N-dealkylation sites (N-methyl/N-ethyl adjacent to an activating group) is 1. The summed E-state index contributed by atoms with van der Waals surface area (Å²) in [6.07, 6.45) is 0. The summed E-state index contributed by atoms with van der Waals surface area (Å²) in [6.45, 7) is 11.5. The average molecular weight is 246 g/mol. The minimum absolute atomic E-state index is 0.245. The topological polar surface area (TPSA) is 47.7 Å². The Morgan fingerprint density at radius 3 is 2.24 bits per heavy atom. The van der Waals surface area contributed by atoms with Crippen molar-refractivity contribution in [3.05, 3.63) is 0 Å². The van der Waals surface area contributed by atoms with Gasteiger partial charge in [0, 0.05) is 25.7 Å². The van der Waals surface area contributed by atoms with E-state index in [9.17, 15) is 0 Å². The Labute approximate surface area is 106 Å². The van der Waals surface area contributed by atoms with Gasteiger partial charge in [-0.25, -0.2) is 0 Å². The molecule has 0 spiro atoms. The van der Waals surface area contributed by atoms with Crippen molar-refractivity contribution in [2.75, 3.05) is 40.5 Å². The highest BCUT2D eigenvalue weighted by molar-refractivity contribution is 4.82. The summed E-state index contributed by atoms with van der Waals surface area (Å²) in [6, 6.07) is 0.725. The predicted octanol–water partition coefficient (Wildman–Crippen LogP) is 1.34. The fourth-order valence-corrected chi connectivity index (χ4v) is 1.64. The molecule has 4 nitrogen and oxygen atoms in total. The van der Waals surface area contributed by atoms with Crippen LogP contribution in [0.5, 0.6) is 0 Å². The number of hydrogen-bond acceptors (Lipinski definition) is 4. The zero-order valence-corrected chi connectivity index (χ0v) is 12.3. The quantitative estimate of drug-likeness (QED) is 0.657. The summed E-state index contributed by atoms with van der Waals surface area (Å²) in [5.41, 5.74) is 6.06. The van der Waals surface area contributed by atoms with Crippen molar-refractivity contribution < 1.29 is 9.47 Å². The summed E-state index contributed by atoms with van der Waals surface area (Å²) >= 11 is 0. The van der Waals surface area contributed by atoms with Gasteiger partial charge in [-0.15, -0.1) is 0 Å². The van der Waals surface area contributed by atoms with Gasteiger partial charge in [0.05, 0.1) is 19.8 Å². The van der Waals surface area contributed by atoms with Crippen LogP contribution in [0.3, 0.4) is 0 Å². The third kappa shape index (κ3) is 6.36. The molecule has 0 radical (unpaired) electrons. The van der Waals surface area contributed by atoms with E-state index in [0.29, 0.717) is 32.4 Å². The molecule has 17 heavy (non-hydrogen) atoms. The van der Waals surface area contributed by atoms with Gasteiger partial charge in [-0.2, -0.15) is 0 Å². The highest BCUT2D eigenvalue weighted by Gasteiger charge is 2.27. The van der Waals surface area contributed by atoms with Crippen LogP contribution in [0.1, 0.15) is 27.7 Å². The molecule has 0 rings (SSSR count). The van der Waals surface area contributed by atoms with Crippen LogP contribution in [-0.4, -0.2) is 57.5 Å². The highest BCUT2D eigenvalue weighted by atomic mass is 16.5. The fraction of sp³-hybridized carbons (Fsp3) is 1.00. The maximum Gasteiger partial charge on any atom is 0.0701 e. The SMILES string of the molecule is COCCOCC(CN)N(C)C(C)C(C)(C)C. The Morgan fingerprint density at radius 1 is 1.24 bits per heavy atom. The lowest BCUT2D eigenvalue weighted by Gasteiger charge is -2.39. The van der Waals surface area contributed by atoms with Gasteiger partial charge in [0.25, 0.3) is 0 Å². The normalized spacial score (nSPS) is 16.2. The first-order valence-electron chi connectivity index (χ1n) is 6.33. The van der Waals surface area contributed by atoms with Crippen LogP contribution in [0.15, 0.2) is 0 Å². The van der Waals surface area contributed by atoms with Gasteiger partial charge in [0.1, 0.15) is 0 Å². The van der Waals surface area contributed by atoms with Crippen LogP contribution in [0, 0.1) is 5.41 Å². The maximum atomic E-state index is 5.82. The van der Waals surface area contributed by atoms with Crippen molar-refractivity contribution in [2.45, 2.75) is 39.8 Å². The zero-order chi connectivity index (χ0) is 13.5. The van der Waals surface area contributed by atoms with E-state index in [1.165, 1.54) is 0 Å². The molecular weight excluding hydrogens is 216 g/mol. The molecule has 2 N–H and O–H groups in total. The molecule has 0 saturated heterocycles. The second-order valence-electron chi connectivity index (χ2n) is 5.66. The Hall–Kier alpha value is -0.160. The minimum Gasteiger partial charge on any atom is -0.382 e. The largest absolute Gasteiger partial charge is 0.382 e. The zero-order valence-electron chi connectivity index (χ0n) is 12.3. The monoisotopic (exact) mass is 246 g/mol. The number of nitrogens with zero attached hydrogens (tertiary/aromatic N) is 1. The third-order valence-corrected chi connectivity index (χ3v) is 3.45. The number of ether oxygens (including phenoxy) is 2. The van der Waals surface area contributed by atoms with Gasteiger partial charge in [-0.05, 0) is 19.4 Å². The van der Waals surface area contributed by atoms with Crippen LogP contribution in [0.25, 0.3) is 0 Å². The lowest BCUT2D eigenvalue weighted by Crippen LogP contribution is -2.50. The van der Waals surface area contributed by atoms with Gasteiger partial charge in [0.15, 0.2) is 0 Å². The van der Waals surface area contributed by atoms with Gasteiger partial charge >= 0.3 is 0 Å². The Morgan fingerprint density at radius 2 is 1.82 bits per heavy atom. The summed E-state index contributed by atoms with van der Waals surface area (Å²) in [5, 5.41) is 0. The summed E-state index contributed by atoms with van der Waals surface area (Å²) in [4.78, 5) is 2.31.